The summed E-state index contributed by atoms with van der Waals surface area (Å²) in [6, 6.07) is 4.00. The van der Waals surface area contributed by atoms with Crippen LogP contribution in [0.4, 0.5) is 0 Å². The summed E-state index contributed by atoms with van der Waals surface area (Å²) in [7, 11) is 0. The van der Waals surface area contributed by atoms with Crippen LogP contribution in [0, 0.1) is 5.41 Å². The Morgan fingerprint density at radius 1 is 1.43 bits per heavy atom. The van der Waals surface area contributed by atoms with Gasteiger partial charge in [-0.05, 0) is 37.3 Å². The number of hydrogen-bond donors (Lipinski definition) is 0. The first-order valence-corrected chi connectivity index (χ1v) is 7.87. The number of rotatable bonds is 5. The molecule has 0 N–H and O–H groups in total. The van der Waals surface area contributed by atoms with Crippen LogP contribution < -0.4 is 0 Å². The van der Waals surface area contributed by atoms with Crippen molar-refractivity contribution >= 4 is 5.91 Å². The summed E-state index contributed by atoms with van der Waals surface area (Å²) in [6.07, 6.45) is 9.83. The fraction of sp³-hybridized carbons (Fsp3) is 0.556. The molecule has 21 heavy (non-hydrogen) atoms. The zero-order valence-electron chi connectivity index (χ0n) is 13.2. The lowest BCUT2D eigenvalue weighted by Gasteiger charge is -2.39. The summed E-state index contributed by atoms with van der Waals surface area (Å²) in [4.78, 5) is 19.2. The first-order valence-electron chi connectivity index (χ1n) is 7.87. The maximum Gasteiger partial charge on any atom is 0.228 e. The van der Waals surface area contributed by atoms with Gasteiger partial charge in [-0.15, -0.1) is 6.58 Å². The van der Waals surface area contributed by atoms with Crippen molar-refractivity contribution in [2.24, 2.45) is 5.41 Å². The molecule has 1 aliphatic heterocycles. The molecule has 3 heteroatoms. The zero-order chi connectivity index (χ0) is 15.3. The molecular formula is C18H26N2O. The van der Waals surface area contributed by atoms with Gasteiger partial charge in [-0.2, -0.15) is 0 Å². The number of piperidine rings is 1. The average molecular weight is 286 g/mol. The molecule has 1 fully saturated rings. The van der Waals surface area contributed by atoms with E-state index in [1.165, 1.54) is 6.42 Å². The summed E-state index contributed by atoms with van der Waals surface area (Å²) < 4.78 is 0. The second kappa shape index (κ2) is 6.88. The van der Waals surface area contributed by atoms with Crippen molar-refractivity contribution in [3.63, 3.8) is 0 Å². The van der Waals surface area contributed by atoms with Crippen molar-refractivity contribution < 1.29 is 4.79 Å². The Morgan fingerprint density at radius 3 is 2.71 bits per heavy atom. The van der Waals surface area contributed by atoms with E-state index in [-0.39, 0.29) is 11.8 Å². The number of hydrogen-bond acceptors (Lipinski definition) is 2. The van der Waals surface area contributed by atoms with E-state index >= 15 is 0 Å². The van der Waals surface area contributed by atoms with Gasteiger partial charge in [0.25, 0.3) is 0 Å². The Hall–Kier alpha value is -1.64. The molecule has 1 amide bonds. The van der Waals surface area contributed by atoms with Crippen molar-refractivity contribution in [1.29, 1.82) is 0 Å². The van der Waals surface area contributed by atoms with E-state index in [2.05, 4.69) is 31.5 Å². The van der Waals surface area contributed by atoms with Gasteiger partial charge in [-0.3, -0.25) is 9.78 Å². The fourth-order valence-corrected chi connectivity index (χ4v) is 3.25. The highest BCUT2D eigenvalue weighted by Gasteiger charge is 2.39. The van der Waals surface area contributed by atoms with Crippen molar-refractivity contribution in [2.75, 3.05) is 13.1 Å². The molecule has 1 aliphatic rings. The third kappa shape index (κ3) is 3.52. The van der Waals surface area contributed by atoms with Crippen LogP contribution in [-0.4, -0.2) is 28.9 Å². The largest absolute Gasteiger partial charge is 0.342 e. The molecule has 0 radical (unpaired) electrons. The highest BCUT2D eigenvalue weighted by molar-refractivity contribution is 5.83. The van der Waals surface area contributed by atoms with Crippen LogP contribution in [0.15, 0.2) is 37.2 Å². The summed E-state index contributed by atoms with van der Waals surface area (Å²) in [5.74, 6) is 0.385. The summed E-state index contributed by atoms with van der Waals surface area (Å²) in [6.45, 7) is 9.79. The number of aromatic nitrogens is 1. The lowest BCUT2D eigenvalue weighted by atomic mass is 9.72. The van der Waals surface area contributed by atoms with Gasteiger partial charge in [-0.1, -0.05) is 26.0 Å². The molecule has 0 bridgehead atoms. The molecule has 1 saturated heterocycles. The Labute approximate surface area is 128 Å². The molecule has 1 aromatic rings. The van der Waals surface area contributed by atoms with Crippen molar-refractivity contribution in [2.45, 2.75) is 45.4 Å². The first-order chi connectivity index (χ1) is 10.1. The second-order valence-electron chi connectivity index (χ2n) is 6.44. The Bertz CT molecular complexity index is 475. The van der Waals surface area contributed by atoms with Crippen molar-refractivity contribution in [3.8, 4) is 0 Å². The minimum absolute atomic E-state index is 0.123. The van der Waals surface area contributed by atoms with E-state index in [1.807, 2.05) is 23.2 Å². The van der Waals surface area contributed by atoms with Gasteiger partial charge >= 0.3 is 0 Å². The molecule has 1 aromatic heterocycles. The third-order valence-corrected chi connectivity index (χ3v) is 4.55. The highest BCUT2D eigenvalue weighted by atomic mass is 16.2. The Kier molecular flexibility index (Phi) is 5.16. The van der Waals surface area contributed by atoms with Gasteiger partial charge in [0.2, 0.25) is 5.91 Å². The number of likely N-dealkylation sites (tertiary alicyclic amines) is 1. The van der Waals surface area contributed by atoms with E-state index in [0.717, 1.165) is 37.9 Å². The Morgan fingerprint density at radius 2 is 2.14 bits per heavy atom. The predicted octanol–water partition coefficient (Wildman–Crippen LogP) is 3.78. The maximum absolute atomic E-state index is 13.0. The molecule has 1 atom stereocenters. The third-order valence-electron chi connectivity index (χ3n) is 4.55. The molecule has 3 nitrogen and oxygen atoms in total. The first kappa shape index (κ1) is 15.7. The van der Waals surface area contributed by atoms with Gasteiger partial charge in [0.1, 0.15) is 0 Å². The lowest BCUT2D eigenvalue weighted by Crippen LogP contribution is -2.46. The van der Waals surface area contributed by atoms with E-state index in [9.17, 15) is 4.79 Å². The van der Waals surface area contributed by atoms with Gasteiger partial charge < -0.3 is 4.90 Å². The molecule has 0 saturated carbocycles. The van der Waals surface area contributed by atoms with Crippen LogP contribution in [0.1, 0.15) is 51.0 Å². The van der Waals surface area contributed by atoms with Gasteiger partial charge in [0.05, 0.1) is 5.41 Å². The van der Waals surface area contributed by atoms with Crippen LogP contribution in [-0.2, 0) is 4.79 Å². The van der Waals surface area contributed by atoms with Crippen LogP contribution in [0.25, 0.3) is 0 Å². The Balaban J connectivity index is 2.24. The van der Waals surface area contributed by atoms with E-state index in [4.69, 9.17) is 0 Å². The summed E-state index contributed by atoms with van der Waals surface area (Å²) in [5.41, 5.74) is 0.682. The molecule has 1 unspecified atom stereocenters. The van der Waals surface area contributed by atoms with Crippen LogP contribution in [0.3, 0.4) is 0 Å². The number of carbonyl (C=O) groups excluding carboxylic acids is 1. The predicted molar refractivity (Wildman–Crippen MR) is 86.0 cm³/mol. The lowest BCUT2D eigenvalue weighted by molar-refractivity contribution is -0.142. The van der Waals surface area contributed by atoms with Crippen molar-refractivity contribution in [1.82, 2.24) is 9.88 Å². The van der Waals surface area contributed by atoms with E-state index in [1.54, 1.807) is 6.20 Å². The number of amides is 1. The van der Waals surface area contributed by atoms with E-state index < -0.39 is 5.41 Å². The SMILES string of the molecule is C=CCC(c1cccnc1)C(C)(C)C(=O)N1CCCCC1. The molecule has 114 valence electrons. The quantitative estimate of drug-likeness (QED) is 0.772. The van der Waals surface area contributed by atoms with Crippen LogP contribution in [0.2, 0.25) is 0 Å². The maximum atomic E-state index is 13.0. The molecule has 2 heterocycles. The molecular weight excluding hydrogens is 260 g/mol. The minimum atomic E-state index is -0.436. The smallest absolute Gasteiger partial charge is 0.228 e. The fourth-order valence-electron chi connectivity index (χ4n) is 3.25. The van der Waals surface area contributed by atoms with Gasteiger partial charge in [0, 0.05) is 31.4 Å². The molecule has 2 rings (SSSR count). The zero-order valence-corrected chi connectivity index (χ0v) is 13.2. The molecule has 0 aliphatic carbocycles. The molecule has 0 aromatic carbocycles. The number of pyridine rings is 1. The number of carbonyl (C=O) groups is 1. The topological polar surface area (TPSA) is 33.2 Å². The van der Waals surface area contributed by atoms with Gasteiger partial charge in [-0.25, -0.2) is 0 Å². The normalized spacial score (nSPS) is 17.3. The molecule has 0 spiro atoms. The van der Waals surface area contributed by atoms with Gasteiger partial charge in [0.15, 0.2) is 0 Å². The second-order valence-corrected chi connectivity index (χ2v) is 6.44. The van der Waals surface area contributed by atoms with Crippen LogP contribution >= 0.6 is 0 Å². The monoisotopic (exact) mass is 286 g/mol. The van der Waals surface area contributed by atoms with Crippen LogP contribution in [0.5, 0.6) is 0 Å². The number of allylic oxidation sites excluding steroid dienone is 1. The standard InChI is InChI=1S/C18H26N2O/c1-4-9-16(15-10-8-11-19-14-15)18(2,3)17(21)20-12-6-5-7-13-20/h4,8,10-11,14,16H,1,5-7,9,12-13H2,2-3H3. The summed E-state index contributed by atoms with van der Waals surface area (Å²) >= 11 is 0. The highest BCUT2D eigenvalue weighted by Crippen LogP contribution is 2.40. The number of nitrogens with zero attached hydrogens (tertiary/aromatic N) is 2. The van der Waals surface area contributed by atoms with Crippen molar-refractivity contribution in [3.05, 3.63) is 42.7 Å². The minimum Gasteiger partial charge on any atom is -0.342 e. The van der Waals surface area contributed by atoms with E-state index in [0.29, 0.717) is 0 Å². The summed E-state index contributed by atoms with van der Waals surface area (Å²) in [5, 5.41) is 0. The average Bonchev–Trinajstić information content (AvgIpc) is 2.53.